The van der Waals surface area contributed by atoms with Gasteiger partial charge in [-0.3, -0.25) is 4.79 Å². The molecule has 1 N–H and O–H groups in total. The standard InChI is InChI=1S/C22H28N2O/c25-22(21-11-5-7-18-6-1-4-10-20(18)21)23-16-17-12-14-24(15-13-17)19-8-2-3-9-19/h1,4-7,10-11,17,19H,2-3,8-9,12-16H2,(H,23,25). The molecule has 2 aliphatic rings. The highest BCUT2D eigenvalue weighted by molar-refractivity contribution is 6.06. The van der Waals surface area contributed by atoms with Gasteiger partial charge in [-0.2, -0.15) is 0 Å². The first-order valence-electron chi connectivity index (χ1n) is 9.81. The fourth-order valence-corrected chi connectivity index (χ4v) is 4.55. The molecule has 1 heterocycles. The van der Waals surface area contributed by atoms with E-state index in [1.165, 1.54) is 51.6 Å². The van der Waals surface area contributed by atoms with Crippen LogP contribution in [0.2, 0.25) is 0 Å². The van der Waals surface area contributed by atoms with E-state index >= 15 is 0 Å². The van der Waals surface area contributed by atoms with Crippen molar-refractivity contribution in [2.45, 2.75) is 44.6 Å². The predicted octanol–water partition coefficient (Wildman–Crippen LogP) is 4.22. The van der Waals surface area contributed by atoms with Crippen LogP contribution in [-0.2, 0) is 0 Å². The van der Waals surface area contributed by atoms with Crippen molar-refractivity contribution in [2.24, 2.45) is 5.92 Å². The third-order valence-corrected chi connectivity index (χ3v) is 6.08. The van der Waals surface area contributed by atoms with Gasteiger partial charge in [0.2, 0.25) is 0 Å². The summed E-state index contributed by atoms with van der Waals surface area (Å²) in [5.41, 5.74) is 0.793. The van der Waals surface area contributed by atoms with E-state index in [1.807, 2.05) is 30.3 Å². The van der Waals surface area contributed by atoms with Gasteiger partial charge in [0.25, 0.3) is 5.91 Å². The van der Waals surface area contributed by atoms with Gasteiger partial charge in [-0.15, -0.1) is 0 Å². The number of carbonyl (C=O) groups excluding carboxylic acids is 1. The lowest BCUT2D eigenvalue weighted by atomic mass is 9.95. The van der Waals surface area contributed by atoms with Crippen LogP contribution in [0.4, 0.5) is 0 Å². The van der Waals surface area contributed by atoms with E-state index in [0.29, 0.717) is 5.92 Å². The molecule has 0 radical (unpaired) electrons. The monoisotopic (exact) mass is 336 g/mol. The van der Waals surface area contributed by atoms with Crippen LogP contribution < -0.4 is 5.32 Å². The molecule has 3 heteroatoms. The summed E-state index contributed by atoms with van der Waals surface area (Å²) in [5, 5.41) is 5.35. The molecule has 0 aromatic heterocycles. The van der Waals surface area contributed by atoms with Gasteiger partial charge in [0.05, 0.1) is 0 Å². The van der Waals surface area contributed by atoms with Crippen LogP contribution in [-0.4, -0.2) is 36.5 Å². The Bertz CT molecular complexity index is 722. The molecule has 1 aliphatic heterocycles. The Morgan fingerprint density at radius 3 is 2.48 bits per heavy atom. The summed E-state index contributed by atoms with van der Waals surface area (Å²) < 4.78 is 0. The molecule has 132 valence electrons. The Morgan fingerprint density at radius 2 is 1.68 bits per heavy atom. The largest absolute Gasteiger partial charge is 0.352 e. The minimum absolute atomic E-state index is 0.0648. The highest BCUT2D eigenvalue weighted by Crippen LogP contribution is 2.27. The Hall–Kier alpha value is -1.87. The summed E-state index contributed by atoms with van der Waals surface area (Å²) in [6, 6.07) is 14.9. The highest BCUT2D eigenvalue weighted by Gasteiger charge is 2.27. The molecule has 2 aromatic carbocycles. The van der Waals surface area contributed by atoms with Gasteiger partial charge in [-0.25, -0.2) is 0 Å². The second-order valence-electron chi connectivity index (χ2n) is 7.65. The zero-order chi connectivity index (χ0) is 17.1. The lowest BCUT2D eigenvalue weighted by Gasteiger charge is -2.36. The molecule has 25 heavy (non-hydrogen) atoms. The summed E-state index contributed by atoms with van der Waals surface area (Å²) in [6.07, 6.45) is 8.03. The van der Waals surface area contributed by atoms with Crippen molar-refractivity contribution in [3.63, 3.8) is 0 Å². The average molecular weight is 336 g/mol. The van der Waals surface area contributed by atoms with Gasteiger partial charge in [0.15, 0.2) is 0 Å². The van der Waals surface area contributed by atoms with Crippen molar-refractivity contribution in [3.8, 4) is 0 Å². The number of rotatable bonds is 4. The number of benzene rings is 2. The number of piperidine rings is 1. The molecule has 1 saturated heterocycles. The van der Waals surface area contributed by atoms with E-state index in [9.17, 15) is 4.79 Å². The zero-order valence-electron chi connectivity index (χ0n) is 14.9. The summed E-state index contributed by atoms with van der Waals surface area (Å²) in [6.45, 7) is 3.22. The van der Waals surface area contributed by atoms with Crippen LogP contribution in [0.25, 0.3) is 10.8 Å². The Morgan fingerprint density at radius 1 is 0.960 bits per heavy atom. The maximum absolute atomic E-state index is 12.7. The number of likely N-dealkylation sites (tertiary alicyclic amines) is 1. The number of amides is 1. The van der Waals surface area contributed by atoms with Crippen molar-refractivity contribution in [2.75, 3.05) is 19.6 Å². The lowest BCUT2D eigenvalue weighted by Crippen LogP contribution is -2.42. The van der Waals surface area contributed by atoms with E-state index in [-0.39, 0.29) is 5.91 Å². The van der Waals surface area contributed by atoms with Crippen molar-refractivity contribution in [3.05, 3.63) is 48.0 Å². The number of nitrogens with zero attached hydrogens (tertiary/aromatic N) is 1. The molecule has 1 saturated carbocycles. The maximum atomic E-state index is 12.7. The first-order chi connectivity index (χ1) is 12.3. The molecule has 0 bridgehead atoms. The highest BCUT2D eigenvalue weighted by atomic mass is 16.1. The molecule has 1 aliphatic carbocycles. The van der Waals surface area contributed by atoms with Crippen LogP contribution in [0, 0.1) is 5.92 Å². The molecule has 0 spiro atoms. The third kappa shape index (κ3) is 3.72. The van der Waals surface area contributed by atoms with Gasteiger partial charge in [-0.05, 0) is 61.5 Å². The van der Waals surface area contributed by atoms with Crippen LogP contribution in [0.5, 0.6) is 0 Å². The summed E-state index contributed by atoms with van der Waals surface area (Å²) in [7, 11) is 0. The maximum Gasteiger partial charge on any atom is 0.251 e. The number of hydrogen-bond acceptors (Lipinski definition) is 2. The fourth-order valence-electron chi connectivity index (χ4n) is 4.55. The molecule has 3 nitrogen and oxygen atoms in total. The molecule has 2 aromatic rings. The number of nitrogens with one attached hydrogen (secondary N) is 1. The predicted molar refractivity (Wildman–Crippen MR) is 103 cm³/mol. The lowest BCUT2D eigenvalue weighted by molar-refractivity contribution is 0.0926. The SMILES string of the molecule is O=C(NCC1CCN(C2CCCC2)CC1)c1cccc2ccccc12. The topological polar surface area (TPSA) is 32.3 Å². The van der Waals surface area contributed by atoms with Gasteiger partial charge in [-0.1, -0.05) is 49.2 Å². The van der Waals surface area contributed by atoms with Crippen LogP contribution >= 0.6 is 0 Å². The second-order valence-corrected chi connectivity index (χ2v) is 7.65. The van der Waals surface area contributed by atoms with Crippen LogP contribution in [0.15, 0.2) is 42.5 Å². The van der Waals surface area contributed by atoms with Gasteiger partial charge in [0.1, 0.15) is 0 Å². The summed E-state index contributed by atoms with van der Waals surface area (Å²) >= 11 is 0. The molecule has 2 fully saturated rings. The first kappa shape index (κ1) is 16.6. The molecule has 1 amide bonds. The van der Waals surface area contributed by atoms with Gasteiger partial charge >= 0.3 is 0 Å². The van der Waals surface area contributed by atoms with Crippen molar-refractivity contribution in [1.82, 2.24) is 10.2 Å². The van der Waals surface area contributed by atoms with Crippen LogP contribution in [0.3, 0.4) is 0 Å². The molecule has 0 unspecified atom stereocenters. The van der Waals surface area contributed by atoms with Gasteiger partial charge < -0.3 is 10.2 Å². The Kier molecular flexibility index (Phi) is 5.02. The number of carbonyl (C=O) groups is 1. The first-order valence-corrected chi connectivity index (χ1v) is 9.81. The molecule has 4 rings (SSSR count). The van der Waals surface area contributed by atoms with E-state index in [4.69, 9.17) is 0 Å². The Labute approximate surface area is 150 Å². The zero-order valence-corrected chi connectivity index (χ0v) is 14.9. The molecular formula is C22H28N2O. The normalized spacial score (nSPS) is 20.2. The van der Waals surface area contributed by atoms with E-state index in [0.717, 1.165) is 28.9 Å². The smallest absolute Gasteiger partial charge is 0.251 e. The van der Waals surface area contributed by atoms with E-state index in [1.54, 1.807) is 0 Å². The van der Waals surface area contributed by atoms with Crippen molar-refractivity contribution < 1.29 is 4.79 Å². The fraction of sp³-hybridized carbons (Fsp3) is 0.500. The van der Waals surface area contributed by atoms with Crippen molar-refractivity contribution in [1.29, 1.82) is 0 Å². The molecular weight excluding hydrogens is 308 g/mol. The quantitative estimate of drug-likeness (QED) is 0.906. The summed E-state index contributed by atoms with van der Waals surface area (Å²) in [5.74, 6) is 0.687. The van der Waals surface area contributed by atoms with E-state index in [2.05, 4.69) is 22.3 Å². The Balaban J connectivity index is 1.32. The number of hydrogen-bond donors (Lipinski definition) is 1. The van der Waals surface area contributed by atoms with Crippen molar-refractivity contribution >= 4 is 16.7 Å². The summed E-state index contributed by atoms with van der Waals surface area (Å²) in [4.78, 5) is 15.3. The van der Waals surface area contributed by atoms with E-state index < -0.39 is 0 Å². The van der Waals surface area contributed by atoms with Gasteiger partial charge in [0, 0.05) is 18.2 Å². The minimum atomic E-state index is 0.0648. The minimum Gasteiger partial charge on any atom is -0.352 e. The number of fused-ring (bicyclic) bond motifs is 1. The average Bonchev–Trinajstić information content (AvgIpc) is 3.21. The molecule has 0 atom stereocenters. The van der Waals surface area contributed by atoms with Crippen LogP contribution in [0.1, 0.15) is 48.9 Å². The second kappa shape index (κ2) is 7.57. The third-order valence-electron chi connectivity index (χ3n) is 6.08.